The maximum absolute atomic E-state index is 13.0. The Labute approximate surface area is 176 Å². The Hall–Kier alpha value is -3.16. The minimum Gasteiger partial charge on any atom is -0.439 e. The standard InChI is InChI=1S/C22H28FN5O2/c1-2-25-22(28-11-3-4-17(15-28)12-20(24)29)27-14-16-9-10-26-21(13-16)30-19-7-5-18(23)6-8-19/h5-10,13,17H,2-4,11-12,14-15H2,1H3,(H2,24,29)(H,25,27). The highest BCUT2D eigenvalue weighted by Crippen LogP contribution is 2.21. The predicted octanol–water partition coefficient (Wildman–Crippen LogP) is 3.07. The smallest absolute Gasteiger partial charge is 0.219 e. The Morgan fingerprint density at radius 3 is 2.90 bits per heavy atom. The number of rotatable bonds is 7. The van der Waals surface area contributed by atoms with Crippen molar-refractivity contribution in [2.45, 2.75) is 32.7 Å². The van der Waals surface area contributed by atoms with Crippen LogP contribution in [0.1, 0.15) is 31.7 Å². The summed E-state index contributed by atoms with van der Waals surface area (Å²) in [6.45, 7) is 4.91. The Bertz CT molecular complexity index is 872. The van der Waals surface area contributed by atoms with E-state index in [2.05, 4.69) is 15.2 Å². The van der Waals surface area contributed by atoms with E-state index in [1.807, 2.05) is 19.1 Å². The lowest BCUT2D eigenvalue weighted by Gasteiger charge is -2.34. The van der Waals surface area contributed by atoms with Gasteiger partial charge in [-0.15, -0.1) is 0 Å². The number of piperidine rings is 1. The Morgan fingerprint density at radius 1 is 1.37 bits per heavy atom. The molecule has 1 fully saturated rings. The number of benzene rings is 1. The molecular formula is C22H28FN5O2. The van der Waals surface area contributed by atoms with E-state index in [4.69, 9.17) is 15.5 Å². The van der Waals surface area contributed by atoms with Gasteiger partial charge < -0.3 is 20.7 Å². The van der Waals surface area contributed by atoms with Crippen LogP contribution in [0.25, 0.3) is 0 Å². The quantitative estimate of drug-likeness (QED) is 0.538. The van der Waals surface area contributed by atoms with E-state index in [1.54, 1.807) is 18.3 Å². The van der Waals surface area contributed by atoms with E-state index in [0.717, 1.165) is 44.0 Å². The first-order valence-corrected chi connectivity index (χ1v) is 10.2. The van der Waals surface area contributed by atoms with Crippen molar-refractivity contribution in [3.05, 3.63) is 54.0 Å². The van der Waals surface area contributed by atoms with Crippen LogP contribution in [0.5, 0.6) is 11.6 Å². The van der Waals surface area contributed by atoms with Gasteiger partial charge in [0.2, 0.25) is 11.8 Å². The summed E-state index contributed by atoms with van der Waals surface area (Å²) in [5, 5.41) is 3.33. The van der Waals surface area contributed by atoms with E-state index in [9.17, 15) is 9.18 Å². The number of likely N-dealkylation sites (tertiary alicyclic amines) is 1. The lowest BCUT2D eigenvalue weighted by molar-refractivity contribution is -0.119. The first-order chi connectivity index (χ1) is 14.5. The van der Waals surface area contributed by atoms with Crippen molar-refractivity contribution >= 4 is 11.9 Å². The molecule has 2 aromatic rings. The molecule has 1 saturated heterocycles. The summed E-state index contributed by atoms with van der Waals surface area (Å²) in [5.74, 6) is 1.46. The van der Waals surface area contributed by atoms with Crippen LogP contribution in [0.3, 0.4) is 0 Å². The van der Waals surface area contributed by atoms with Gasteiger partial charge in [-0.05, 0) is 61.6 Å². The van der Waals surface area contributed by atoms with E-state index >= 15 is 0 Å². The first-order valence-electron chi connectivity index (χ1n) is 10.2. The van der Waals surface area contributed by atoms with Crippen LogP contribution in [-0.2, 0) is 11.3 Å². The third-order valence-corrected chi connectivity index (χ3v) is 4.89. The molecule has 0 radical (unpaired) electrons. The van der Waals surface area contributed by atoms with Crippen LogP contribution in [-0.4, -0.2) is 41.4 Å². The second-order valence-corrected chi connectivity index (χ2v) is 7.35. The van der Waals surface area contributed by atoms with E-state index in [-0.39, 0.29) is 17.6 Å². The van der Waals surface area contributed by atoms with Crippen LogP contribution in [0.2, 0.25) is 0 Å². The summed E-state index contributed by atoms with van der Waals surface area (Å²) in [5.41, 5.74) is 6.32. The number of ether oxygens (including phenoxy) is 1. The van der Waals surface area contributed by atoms with Crippen molar-refractivity contribution in [3.8, 4) is 11.6 Å². The van der Waals surface area contributed by atoms with Crippen LogP contribution in [0.15, 0.2) is 47.6 Å². The molecule has 1 aromatic carbocycles. The number of primary amides is 1. The lowest BCUT2D eigenvalue weighted by atomic mass is 9.95. The largest absolute Gasteiger partial charge is 0.439 e. The van der Waals surface area contributed by atoms with Crippen LogP contribution >= 0.6 is 0 Å². The second-order valence-electron chi connectivity index (χ2n) is 7.35. The van der Waals surface area contributed by atoms with Gasteiger partial charge in [-0.3, -0.25) is 4.79 Å². The van der Waals surface area contributed by atoms with Gasteiger partial charge in [-0.2, -0.15) is 0 Å². The molecule has 8 heteroatoms. The molecule has 7 nitrogen and oxygen atoms in total. The van der Waals surface area contributed by atoms with Crippen molar-refractivity contribution in [2.75, 3.05) is 19.6 Å². The van der Waals surface area contributed by atoms with Gasteiger partial charge in [0, 0.05) is 38.3 Å². The van der Waals surface area contributed by atoms with Gasteiger partial charge in [0.25, 0.3) is 0 Å². The minimum atomic E-state index is -0.315. The molecule has 2 heterocycles. The van der Waals surface area contributed by atoms with Crippen molar-refractivity contribution in [2.24, 2.45) is 16.6 Å². The zero-order valence-electron chi connectivity index (χ0n) is 17.2. The summed E-state index contributed by atoms with van der Waals surface area (Å²) < 4.78 is 18.7. The second kappa shape index (κ2) is 10.6. The molecule has 0 aliphatic carbocycles. The topological polar surface area (TPSA) is 92.8 Å². The van der Waals surface area contributed by atoms with Gasteiger partial charge in [0.05, 0.1) is 6.54 Å². The zero-order valence-corrected chi connectivity index (χ0v) is 17.2. The number of hydrogen-bond acceptors (Lipinski definition) is 4. The third kappa shape index (κ3) is 6.43. The highest BCUT2D eigenvalue weighted by Gasteiger charge is 2.23. The van der Waals surface area contributed by atoms with Gasteiger partial charge >= 0.3 is 0 Å². The van der Waals surface area contributed by atoms with Gasteiger partial charge in [-0.25, -0.2) is 14.4 Å². The Balaban J connectivity index is 1.67. The number of carbonyl (C=O) groups is 1. The van der Waals surface area contributed by atoms with Crippen molar-refractivity contribution < 1.29 is 13.9 Å². The number of nitrogens with zero attached hydrogens (tertiary/aromatic N) is 3. The monoisotopic (exact) mass is 413 g/mol. The van der Waals surface area contributed by atoms with Crippen LogP contribution in [0, 0.1) is 11.7 Å². The molecule has 3 N–H and O–H groups in total. The molecule has 0 spiro atoms. The fraction of sp³-hybridized carbons (Fsp3) is 0.409. The SMILES string of the molecule is CCNC(=NCc1ccnc(Oc2ccc(F)cc2)c1)N1CCCC(CC(N)=O)C1. The van der Waals surface area contributed by atoms with Gasteiger partial charge in [0.1, 0.15) is 11.6 Å². The minimum absolute atomic E-state index is 0.255. The maximum Gasteiger partial charge on any atom is 0.219 e. The summed E-state index contributed by atoms with van der Waals surface area (Å²) in [6.07, 6.45) is 4.09. The van der Waals surface area contributed by atoms with Gasteiger partial charge in [-0.1, -0.05) is 0 Å². The molecule has 1 aliphatic heterocycles. The first kappa shape index (κ1) is 21.5. The number of amides is 1. The van der Waals surface area contributed by atoms with E-state index < -0.39 is 0 Å². The summed E-state index contributed by atoms with van der Waals surface area (Å²) >= 11 is 0. The molecular weight excluding hydrogens is 385 g/mol. The number of carbonyl (C=O) groups excluding carboxylic acids is 1. The highest BCUT2D eigenvalue weighted by molar-refractivity contribution is 5.80. The number of hydrogen-bond donors (Lipinski definition) is 2. The van der Waals surface area contributed by atoms with Crippen molar-refractivity contribution in [1.29, 1.82) is 0 Å². The zero-order chi connectivity index (χ0) is 21.3. The molecule has 1 aliphatic rings. The third-order valence-electron chi connectivity index (χ3n) is 4.89. The molecule has 1 aromatic heterocycles. The lowest BCUT2D eigenvalue weighted by Crippen LogP contribution is -2.47. The molecule has 3 rings (SSSR count). The summed E-state index contributed by atoms with van der Waals surface area (Å²) in [7, 11) is 0. The highest BCUT2D eigenvalue weighted by atomic mass is 19.1. The van der Waals surface area contributed by atoms with Crippen molar-refractivity contribution in [1.82, 2.24) is 15.2 Å². The number of guanidine groups is 1. The maximum atomic E-state index is 13.0. The van der Waals surface area contributed by atoms with Crippen LogP contribution in [0.4, 0.5) is 4.39 Å². The average Bonchev–Trinajstić information content (AvgIpc) is 2.73. The predicted molar refractivity (Wildman–Crippen MR) is 114 cm³/mol. The normalized spacial score (nSPS) is 16.9. The molecule has 30 heavy (non-hydrogen) atoms. The molecule has 1 unspecified atom stereocenters. The number of nitrogens with two attached hydrogens (primary N) is 1. The summed E-state index contributed by atoms with van der Waals surface area (Å²) in [6, 6.07) is 9.51. The fourth-order valence-corrected chi connectivity index (χ4v) is 3.53. The number of aromatic nitrogens is 1. The number of pyridine rings is 1. The van der Waals surface area contributed by atoms with E-state index in [1.165, 1.54) is 12.1 Å². The van der Waals surface area contributed by atoms with Gasteiger partial charge in [0.15, 0.2) is 5.96 Å². The van der Waals surface area contributed by atoms with Crippen LogP contribution < -0.4 is 15.8 Å². The molecule has 160 valence electrons. The summed E-state index contributed by atoms with van der Waals surface area (Å²) in [4.78, 5) is 22.5. The fourth-order valence-electron chi connectivity index (χ4n) is 3.53. The number of nitrogens with one attached hydrogen (secondary N) is 1. The molecule has 1 amide bonds. The number of aliphatic imine (C=N–C) groups is 1. The number of halogens is 1. The van der Waals surface area contributed by atoms with E-state index in [0.29, 0.717) is 24.6 Å². The average molecular weight is 413 g/mol. The molecule has 0 bridgehead atoms. The molecule has 0 saturated carbocycles. The Kier molecular flexibility index (Phi) is 7.59. The molecule has 1 atom stereocenters. The van der Waals surface area contributed by atoms with Crippen molar-refractivity contribution in [3.63, 3.8) is 0 Å². The Morgan fingerprint density at radius 2 is 2.17 bits per heavy atom.